The highest BCUT2D eigenvalue weighted by atomic mass is 16.5. The Balaban J connectivity index is 0.822. The van der Waals surface area contributed by atoms with Crippen LogP contribution in [0.2, 0.25) is 0 Å². The number of para-hydroxylation sites is 2. The molecular weight excluding hydrogens is 1490 g/mol. The van der Waals surface area contributed by atoms with E-state index in [1.54, 1.807) is 0 Å². The minimum atomic E-state index is -1.19. The van der Waals surface area contributed by atoms with Gasteiger partial charge in [-0.1, -0.05) is 352 Å². The Bertz CT molecular complexity index is 6230. The molecule has 13 heteroatoms. The smallest absolute Gasteiger partial charge is 0.164 e. The predicted molar refractivity (Wildman–Crippen MR) is 485 cm³/mol. The Labute approximate surface area is 705 Å². The highest BCUT2D eigenvalue weighted by Crippen LogP contribution is 2.57. The number of rotatable bonds is 18. The lowest BCUT2D eigenvalue weighted by atomic mass is 9.62. The molecule has 0 amide bonds. The maximum Gasteiger partial charge on any atom is 0.164 e. The topological polar surface area (TPSA) is 164 Å². The maximum atomic E-state index is 7.25. The molecule has 13 nitrogen and oxygen atoms in total. The van der Waals surface area contributed by atoms with E-state index in [0.29, 0.717) is 81.4 Å². The van der Waals surface area contributed by atoms with Crippen LogP contribution in [0, 0.1) is 0 Å². The lowest BCUT2D eigenvalue weighted by Gasteiger charge is -2.42. The van der Waals surface area contributed by atoms with Crippen LogP contribution >= 0.6 is 0 Å². The molecule has 0 fully saturated rings. The fourth-order valence-electron chi connectivity index (χ4n) is 16.2. The average Bonchev–Trinajstić information content (AvgIpc) is 0.698. The predicted octanol–water partition coefficient (Wildman–Crippen LogP) is 25.6. The second-order valence-corrected chi connectivity index (χ2v) is 29.9. The first-order valence-electron chi connectivity index (χ1n) is 40.5. The standard InChI is InChI=1S/C109H70N12O/c1-9-33-71(34-10-1)97-110-98(72-35-11-2-12-36-72)115-105(114-97)83-53-29-49-79(61-83)87-65-88(80-50-30-54-84(62-80)106-116-99(73-37-13-3-14-38-73)111-100(117-106)74-39-15-4-16-40-74)68-91(67-87)109(93-57-25-27-59-95(93)122-96-60-28-26-58-94(96)109)92-69-89(81-51-31-55-85(63-81)107-118-101(75-41-17-5-18-42-75)112-102(119-107)76-43-19-6-20-44-76)66-90(70-92)82-52-32-56-86(64-82)108-120-103(77-45-21-7-22-46-77)113-104(121-108)78-47-23-8-24-48-78/h1-70H. The summed E-state index contributed by atoms with van der Waals surface area (Å²) in [6.45, 7) is 0. The van der Waals surface area contributed by atoms with Gasteiger partial charge in [0.2, 0.25) is 0 Å². The van der Waals surface area contributed by atoms with Crippen molar-refractivity contribution in [3.05, 3.63) is 447 Å². The van der Waals surface area contributed by atoms with Gasteiger partial charge >= 0.3 is 0 Å². The molecule has 122 heavy (non-hydrogen) atoms. The lowest BCUT2D eigenvalue weighted by molar-refractivity contribution is 0.434. The second kappa shape index (κ2) is 32.1. The van der Waals surface area contributed by atoms with Crippen LogP contribution in [0.1, 0.15) is 22.3 Å². The van der Waals surface area contributed by atoms with Crippen molar-refractivity contribution in [1.29, 1.82) is 0 Å². The molecule has 1 aliphatic heterocycles. The van der Waals surface area contributed by atoms with Crippen LogP contribution in [0.15, 0.2) is 425 Å². The van der Waals surface area contributed by atoms with Crippen molar-refractivity contribution >= 4 is 0 Å². The molecule has 5 heterocycles. The summed E-state index contributed by atoms with van der Waals surface area (Å²) in [6, 6.07) is 146. The number of hydrogen-bond donors (Lipinski definition) is 0. The van der Waals surface area contributed by atoms with E-state index in [2.05, 4.69) is 182 Å². The van der Waals surface area contributed by atoms with Crippen molar-refractivity contribution in [2.24, 2.45) is 0 Å². The van der Waals surface area contributed by atoms with E-state index < -0.39 is 5.41 Å². The molecule has 1 aliphatic rings. The first kappa shape index (κ1) is 73.0. The van der Waals surface area contributed by atoms with E-state index in [1.165, 1.54) is 0 Å². The average molecular weight is 1560 g/mol. The van der Waals surface area contributed by atoms with Crippen LogP contribution in [-0.2, 0) is 5.41 Å². The molecule has 0 saturated heterocycles. The molecule has 0 spiro atoms. The largest absolute Gasteiger partial charge is 0.457 e. The van der Waals surface area contributed by atoms with Crippen LogP contribution < -0.4 is 4.74 Å². The molecular formula is C109H70N12O. The molecule has 0 saturated carbocycles. The van der Waals surface area contributed by atoms with Gasteiger partial charge in [0.1, 0.15) is 11.5 Å². The highest BCUT2D eigenvalue weighted by Gasteiger charge is 2.46. The number of aromatic nitrogens is 12. The number of nitrogens with zero attached hydrogens (tertiary/aromatic N) is 12. The van der Waals surface area contributed by atoms with Gasteiger partial charge in [0.25, 0.3) is 0 Å². The zero-order valence-corrected chi connectivity index (χ0v) is 65.7. The molecule has 21 rings (SSSR count). The summed E-state index contributed by atoms with van der Waals surface area (Å²) in [6.07, 6.45) is 0. The van der Waals surface area contributed by atoms with E-state index >= 15 is 0 Å². The molecule has 572 valence electrons. The fraction of sp³-hybridized carbons (Fsp3) is 0.00917. The summed E-state index contributed by atoms with van der Waals surface area (Å²) in [5.41, 5.74) is 20.1. The van der Waals surface area contributed by atoms with Gasteiger partial charge in [-0.25, -0.2) is 59.8 Å². The fourth-order valence-corrected chi connectivity index (χ4v) is 16.2. The van der Waals surface area contributed by atoms with E-state index in [0.717, 1.165) is 134 Å². The highest BCUT2D eigenvalue weighted by molar-refractivity contribution is 5.86. The summed E-state index contributed by atoms with van der Waals surface area (Å²) in [5, 5.41) is 0. The third kappa shape index (κ3) is 14.5. The van der Waals surface area contributed by atoms with Crippen molar-refractivity contribution in [2.45, 2.75) is 5.41 Å². The van der Waals surface area contributed by atoms with E-state index in [4.69, 9.17) is 64.5 Å². The Morgan fingerprint density at radius 1 is 0.131 bits per heavy atom. The lowest BCUT2D eigenvalue weighted by Crippen LogP contribution is -2.34. The minimum absolute atomic E-state index is 0.527. The summed E-state index contributed by atoms with van der Waals surface area (Å²) < 4.78 is 7.25. The van der Waals surface area contributed by atoms with E-state index in [-0.39, 0.29) is 0 Å². The monoisotopic (exact) mass is 1560 g/mol. The Morgan fingerprint density at radius 3 is 0.492 bits per heavy atom. The zero-order chi connectivity index (χ0) is 81.1. The molecule has 0 N–H and O–H groups in total. The van der Waals surface area contributed by atoms with E-state index in [9.17, 15) is 0 Å². The van der Waals surface area contributed by atoms with E-state index in [1.807, 2.05) is 243 Å². The van der Waals surface area contributed by atoms with Gasteiger partial charge in [-0.05, 0) is 128 Å². The first-order valence-corrected chi connectivity index (χ1v) is 40.5. The SMILES string of the molecule is c1ccc(-c2nc(-c3ccccc3)nc(-c3cccc(-c4cc(-c5cccc(-c6nc(-c7ccccc7)nc(-c7ccccc7)n6)c5)cc(C5(c6cc(-c7cccc(-c8nc(-c9ccccc9)nc(-c9ccccc9)n8)c7)cc(-c7cccc(-c8nc(-c9ccccc9)nc(-c9ccccc9)n8)c7)c6)c6ccccc6Oc6ccccc65)c4)c3)n2)cc1. The summed E-state index contributed by atoms with van der Waals surface area (Å²) in [5.74, 6) is 8.01. The Kier molecular flexibility index (Phi) is 19.2. The number of hydrogen-bond acceptors (Lipinski definition) is 13. The van der Waals surface area contributed by atoms with Crippen LogP contribution in [0.4, 0.5) is 0 Å². The van der Waals surface area contributed by atoms with Crippen molar-refractivity contribution in [3.8, 4) is 193 Å². The summed E-state index contributed by atoms with van der Waals surface area (Å²) in [7, 11) is 0. The molecule has 0 unspecified atom stereocenters. The van der Waals surface area contributed by atoms with Crippen LogP contribution in [0.25, 0.3) is 181 Å². The molecule has 0 bridgehead atoms. The first-order chi connectivity index (χ1) is 60.4. The van der Waals surface area contributed by atoms with Gasteiger partial charge in [-0.2, -0.15) is 0 Å². The van der Waals surface area contributed by atoms with Crippen LogP contribution in [0.3, 0.4) is 0 Å². The van der Waals surface area contributed by atoms with Crippen LogP contribution in [-0.4, -0.2) is 59.8 Å². The molecule has 16 aromatic carbocycles. The van der Waals surface area contributed by atoms with Gasteiger partial charge in [-0.15, -0.1) is 0 Å². The van der Waals surface area contributed by atoms with Gasteiger partial charge in [0.05, 0.1) is 5.41 Å². The normalized spacial score (nSPS) is 11.9. The molecule has 0 atom stereocenters. The molecule has 0 aliphatic carbocycles. The second-order valence-electron chi connectivity index (χ2n) is 29.9. The minimum Gasteiger partial charge on any atom is -0.457 e. The van der Waals surface area contributed by atoms with Gasteiger partial charge in [0.15, 0.2) is 69.9 Å². The maximum absolute atomic E-state index is 7.25. The third-order valence-corrected chi connectivity index (χ3v) is 22.1. The van der Waals surface area contributed by atoms with Crippen molar-refractivity contribution in [3.63, 3.8) is 0 Å². The molecule has 4 aromatic heterocycles. The van der Waals surface area contributed by atoms with Crippen LogP contribution in [0.5, 0.6) is 11.5 Å². The van der Waals surface area contributed by atoms with Gasteiger partial charge < -0.3 is 4.74 Å². The van der Waals surface area contributed by atoms with Gasteiger partial charge in [-0.3, -0.25) is 0 Å². The van der Waals surface area contributed by atoms with Crippen molar-refractivity contribution < 1.29 is 4.74 Å². The molecule has 0 radical (unpaired) electrons. The third-order valence-electron chi connectivity index (χ3n) is 22.1. The molecule has 20 aromatic rings. The number of ether oxygens (including phenoxy) is 1. The number of benzene rings is 16. The summed E-state index contributed by atoms with van der Waals surface area (Å²) >= 11 is 0. The number of fused-ring (bicyclic) bond motifs is 2. The van der Waals surface area contributed by atoms with Gasteiger partial charge in [0, 0.05) is 77.9 Å². The van der Waals surface area contributed by atoms with Crippen molar-refractivity contribution in [2.75, 3.05) is 0 Å². The summed E-state index contributed by atoms with van der Waals surface area (Å²) in [4.78, 5) is 62.7. The zero-order valence-electron chi connectivity index (χ0n) is 65.7. The Morgan fingerprint density at radius 2 is 0.287 bits per heavy atom. The Hall–Kier alpha value is -16.6. The van der Waals surface area contributed by atoms with Crippen molar-refractivity contribution in [1.82, 2.24) is 59.8 Å². The quantitative estimate of drug-likeness (QED) is 0.0798.